The summed E-state index contributed by atoms with van der Waals surface area (Å²) in [6, 6.07) is 8.25. The highest BCUT2D eigenvalue weighted by Crippen LogP contribution is 2.23. The number of nitrogens with one attached hydrogen (secondary N) is 2. The summed E-state index contributed by atoms with van der Waals surface area (Å²) >= 11 is 0. The van der Waals surface area contributed by atoms with Crippen molar-refractivity contribution in [1.29, 1.82) is 0 Å². The third-order valence-electron chi connectivity index (χ3n) is 5.13. The lowest BCUT2D eigenvalue weighted by molar-refractivity contribution is -0.123. The SMILES string of the molecule is COc1ccccc1CN1CCCC(CNC(=O)C2CCCN2)C1.Cl. The molecule has 25 heavy (non-hydrogen) atoms. The Morgan fingerprint density at radius 1 is 1.32 bits per heavy atom. The van der Waals surface area contributed by atoms with Crippen molar-refractivity contribution in [3.05, 3.63) is 29.8 Å². The molecule has 6 heteroatoms. The van der Waals surface area contributed by atoms with Gasteiger partial charge in [0.2, 0.25) is 5.91 Å². The second-order valence-corrected chi connectivity index (χ2v) is 6.95. The van der Waals surface area contributed by atoms with Crippen LogP contribution >= 0.6 is 12.4 Å². The number of carbonyl (C=O) groups excluding carboxylic acids is 1. The Kier molecular flexibility index (Phi) is 8.00. The average molecular weight is 368 g/mol. The minimum absolute atomic E-state index is 0. The Bertz CT molecular complexity index is 549. The zero-order valence-electron chi connectivity index (χ0n) is 15.0. The standard InChI is InChI=1S/C19H29N3O2.ClH/c1-24-18-9-3-2-7-16(18)14-22-11-5-6-15(13-22)12-21-19(23)17-8-4-10-20-17;/h2-3,7,9,15,17,20H,4-6,8,10-14H2,1H3,(H,21,23);1H. The average Bonchev–Trinajstić information content (AvgIpc) is 3.15. The molecule has 1 amide bonds. The maximum absolute atomic E-state index is 12.1. The van der Waals surface area contributed by atoms with Crippen LogP contribution in [0.2, 0.25) is 0 Å². The molecule has 2 unspecified atom stereocenters. The van der Waals surface area contributed by atoms with Crippen molar-refractivity contribution in [3.8, 4) is 5.75 Å². The van der Waals surface area contributed by atoms with Gasteiger partial charge in [0, 0.05) is 25.2 Å². The van der Waals surface area contributed by atoms with Gasteiger partial charge in [0.15, 0.2) is 0 Å². The third-order valence-corrected chi connectivity index (χ3v) is 5.13. The summed E-state index contributed by atoms with van der Waals surface area (Å²) in [4.78, 5) is 14.6. The van der Waals surface area contributed by atoms with Crippen LogP contribution in [-0.4, -0.2) is 50.1 Å². The number of carbonyl (C=O) groups is 1. The molecule has 2 aliphatic heterocycles. The molecule has 5 nitrogen and oxygen atoms in total. The Balaban J connectivity index is 0.00000225. The van der Waals surface area contributed by atoms with E-state index in [2.05, 4.69) is 27.7 Å². The fraction of sp³-hybridized carbons (Fsp3) is 0.632. The molecule has 0 radical (unpaired) electrons. The van der Waals surface area contributed by atoms with E-state index < -0.39 is 0 Å². The number of nitrogens with zero attached hydrogens (tertiary/aromatic N) is 1. The van der Waals surface area contributed by atoms with Crippen LogP contribution in [0.15, 0.2) is 24.3 Å². The lowest BCUT2D eigenvalue weighted by Gasteiger charge is -2.33. The molecule has 2 N–H and O–H groups in total. The summed E-state index contributed by atoms with van der Waals surface area (Å²) in [6.07, 6.45) is 4.46. The molecule has 140 valence electrons. The molecule has 2 atom stereocenters. The number of halogens is 1. The second kappa shape index (κ2) is 10.00. The van der Waals surface area contributed by atoms with Gasteiger partial charge in [-0.1, -0.05) is 18.2 Å². The summed E-state index contributed by atoms with van der Waals surface area (Å²) < 4.78 is 5.46. The highest BCUT2D eigenvalue weighted by Gasteiger charge is 2.24. The molecule has 2 aliphatic rings. The van der Waals surface area contributed by atoms with Gasteiger partial charge in [-0.2, -0.15) is 0 Å². The fourth-order valence-corrected chi connectivity index (χ4v) is 3.81. The number of rotatable bonds is 6. The van der Waals surface area contributed by atoms with Crippen LogP contribution in [-0.2, 0) is 11.3 Å². The Labute approximate surface area is 156 Å². The number of piperidine rings is 1. The molecule has 2 fully saturated rings. The Morgan fingerprint density at radius 2 is 2.16 bits per heavy atom. The second-order valence-electron chi connectivity index (χ2n) is 6.95. The molecular formula is C19H30ClN3O2. The lowest BCUT2D eigenvalue weighted by atomic mass is 9.97. The molecule has 0 aliphatic carbocycles. The minimum atomic E-state index is 0. The van der Waals surface area contributed by atoms with Crippen molar-refractivity contribution in [2.45, 2.75) is 38.3 Å². The molecule has 2 saturated heterocycles. The van der Waals surface area contributed by atoms with E-state index in [9.17, 15) is 4.79 Å². The molecule has 1 aromatic rings. The first-order chi connectivity index (χ1) is 11.8. The zero-order valence-corrected chi connectivity index (χ0v) is 15.8. The largest absolute Gasteiger partial charge is 0.496 e. The molecular weight excluding hydrogens is 338 g/mol. The highest BCUT2D eigenvalue weighted by molar-refractivity contribution is 5.85. The minimum Gasteiger partial charge on any atom is -0.496 e. The van der Waals surface area contributed by atoms with E-state index in [-0.39, 0.29) is 24.4 Å². The molecule has 1 aromatic carbocycles. The number of benzene rings is 1. The molecule has 0 aromatic heterocycles. The first-order valence-electron chi connectivity index (χ1n) is 9.11. The predicted octanol–water partition coefficient (Wildman–Crippen LogP) is 2.20. The summed E-state index contributed by atoms with van der Waals surface area (Å²) in [7, 11) is 1.73. The maximum Gasteiger partial charge on any atom is 0.237 e. The maximum atomic E-state index is 12.1. The third kappa shape index (κ3) is 5.59. The van der Waals surface area contributed by atoms with Gasteiger partial charge in [0.1, 0.15) is 5.75 Å². The summed E-state index contributed by atoms with van der Waals surface area (Å²) in [5.41, 5.74) is 1.24. The smallest absolute Gasteiger partial charge is 0.237 e. The molecule has 0 bridgehead atoms. The number of likely N-dealkylation sites (tertiary alicyclic amines) is 1. The number of methoxy groups -OCH3 is 1. The van der Waals surface area contributed by atoms with E-state index in [0.717, 1.165) is 51.3 Å². The lowest BCUT2D eigenvalue weighted by Crippen LogP contribution is -2.45. The topological polar surface area (TPSA) is 53.6 Å². The summed E-state index contributed by atoms with van der Waals surface area (Å²) in [5.74, 6) is 1.67. The normalized spacial score (nSPS) is 23.7. The van der Waals surface area contributed by atoms with Gasteiger partial charge < -0.3 is 15.4 Å². The first-order valence-corrected chi connectivity index (χ1v) is 9.11. The zero-order chi connectivity index (χ0) is 16.8. The van der Waals surface area contributed by atoms with Crippen LogP contribution in [0.3, 0.4) is 0 Å². The van der Waals surface area contributed by atoms with Crippen LogP contribution in [0.4, 0.5) is 0 Å². The van der Waals surface area contributed by atoms with E-state index >= 15 is 0 Å². The van der Waals surface area contributed by atoms with E-state index in [4.69, 9.17) is 4.74 Å². The van der Waals surface area contributed by atoms with Crippen molar-refractivity contribution in [3.63, 3.8) is 0 Å². The number of ether oxygens (including phenoxy) is 1. The van der Waals surface area contributed by atoms with E-state index in [0.29, 0.717) is 5.92 Å². The van der Waals surface area contributed by atoms with Crippen molar-refractivity contribution < 1.29 is 9.53 Å². The van der Waals surface area contributed by atoms with Crippen LogP contribution in [0.1, 0.15) is 31.2 Å². The van der Waals surface area contributed by atoms with E-state index in [1.54, 1.807) is 7.11 Å². The van der Waals surface area contributed by atoms with Crippen LogP contribution in [0, 0.1) is 5.92 Å². The first kappa shape index (κ1) is 20.0. The molecule has 3 rings (SSSR count). The molecule has 2 heterocycles. The van der Waals surface area contributed by atoms with Gasteiger partial charge in [0.05, 0.1) is 13.2 Å². The van der Waals surface area contributed by atoms with Crippen LogP contribution in [0.5, 0.6) is 5.75 Å². The number of para-hydroxylation sites is 1. The monoisotopic (exact) mass is 367 g/mol. The van der Waals surface area contributed by atoms with Gasteiger partial charge in [-0.05, 0) is 50.8 Å². The van der Waals surface area contributed by atoms with E-state index in [1.807, 2.05) is 12.1 Å². The van der Waals surface area contributed by atoms with Gasteiger partial charge >= 0.3 is 0 Å². The van der Waals surface area contributed by atoms with Crippen LogP contribution in [0.25, 0.3) is 0 Å². The van der Waals surface area contributed by atoms with Gasteiger partial charge in [-0.25, -0.2) is 0 Å². The van der Waals surface area contributed by atoms with Crippen molar-refractivity contribution >= 4 is 18.3 Å². The van der Waals surface area contributed by atoms with Gasteiger partial charge in [-0.15, -0.1) is 12.4 Å². The van der Waals surface area contributed by atoms with Crippen molar-refractivity contribution in [1.82, 2.24) is 15.5 Å². The number of hydrogen-bond donors (Lipinski definition) is 2. The Morgan fingerprint density at radius 3 is 2.92 bits per heavy atom. The van der Waals surface area contributed by atoms with Gasteiger partial charge in [-0.3, -0.25) is 9.69 Å². The summed E-state index contributed by atoms with van der Waals surface area (Å²) in [6.45, 7) is 4.83. The van der Waals surface area contributed by atoms with Crippen molar-refractivity contribution in [2.24, 2.45) is 5.92 Å². The van der Waals surface area contributed by atoms with Crippen LogP contribution < -0.4 is 15.4 Å². The predicted molar refractivity (Wildman–Crippen MR) is 102 cm³/mol. The number of hydrogen-bond acceptors (Lipinski definition) is 4. The fourth-order valence-electron chi connectivity index (χ4n) is 3.81. The van der Waals surface area contributed by atoms with Crippen molar-refractivity contribution in [2.75, 3.05) is 33.3 Å². The van der Waals surface area contributed by atoms with E-state index in [1.165, 1.54) is 18.4 Å². The van der Waals surface area contributed by atoms with Gasteiger partial charge in [0.25, 0.3) is 0 Å². The molecule has 0 saturated carbocycles. The summed E-state index contributed by atoms with van der Waals surface area (Å²) in [5, 5.41) is 6.41. The highest BCUT2D eigenvalue weighted by atomic mass is 35.5. The quantitative estimate of drug-likeness (QED) is 0.809. The molecule has 0 spiro atoms. The number of amides is 1. The Hall–Kier alpha value is -1.30.